The lowest BCUT2D eigenvalue weighted by molar-refractivity contribution is 0.475. The number of rotatable bonds is 0. The predicted octanol–water partition coefficient (Wildman–Crippen LogP) is 5.85. The fraction of sp³-hybridized carbons (Fsp3) is 0.0588. The molecule has 1 aliphatic rings. The Morgan fingerprint density at radius 2 is 1.38 bits per heavy atom. The first kappa shape index (κ1) is 17.2. The molecule has 1 nitrogen and oxygen atoms in total. The van der Waals surface area contributed by atoms with Crippen molar-refractivity contribution in [1.29, 1.82) is 0 Å². The van der Waals surface area contributed by atoms with Gasteiger partial charge in [-0.05, 0) is 29.3 Å². The first-order valence-corrected chi connectivity index (χ1v) is 9.69. The molecule has 0 saturated heterocycles. The second-order valence-corrected chi connectivity index (χ2v) is 8.56. The van der Waals surface area contributed by atoms with Crippen LogP contribution in [-0.2, 0) is 6.42 Å². The van der Waals surface area contributed by atoms with Gasteiger partial charge >= 0.3 is 0 Å². The molecule has 0 unspecified atom stereocenters. The number of hydrogen-bond donors (Lipinski definition) is 7. The molecule has 4 rings (SSSR count). The minimum Gasteiger partial charge on any atom is -0.507 e. The highest BCUT2D eigenvalue weighted by Gasteiger charge is 2.29. The van der Waals surface area contributed by atoms with Crippen LogP contribution in [0.25, 0.3) is 21.9 Å². The molecule has 3 aromatic rings. The van der Waals surface area contributed by atoms with Crippen LogP contribution in [0.2, 0.25) is 0 Å². The van der Waals surface area contributed by atoms with Crippen molar-refractivity contribution in [1.82, 2.24) is 0 Å². The van der Waals surface area contributed by atoms with Gasteiger partial charge in [-0.15, -0.1) is 75.8 Å². The molecule has 0 aliphatic heterocycles. The van der Waals surface area contributed by atoms with Gasteiger partial charge in [0.25, 0.3) is 0 Å². The monoisotopic (exact) mass is 424 g/mol. The van der Waals surface area contributed by atoms with E-state index in [9.17, 15) is 5.11 Å². The van der Waals surface area contributed by atoms with Crippen LogP contribution in [0.15, 0.2) is 47.6 Å². The summed E-state index contributed by atoms with van der Waals surface area (Å²) in [5, 5.41) is 12.4. The molecule has 3 aromatic carbocycles. The van der Waals surface area contributed by atoms with Gasteiger partial charge in [-0.1, -0.05) is 0 Å². The zero-order valence-electron chi connectivity index (χ0n) is 12.1. The van der Waals surface area contributed by atoms with E-state index in [1.807, 2.05) is 18.2 Å². The minimum absolute atomic E-state index is 0.214. The molecule has 0 fully saturated rings. The number of benzene rings is 3. The zero-order chi connectivity index (χ0) is 17.3. The highest BCUT2D eigenvalue weighted by atomic mass is 32.1. The standard InChI is InChI=1S/C17H12OS6/c18-15-7-1-5-2-8(19)9(20)3-6(5)12(7)17(24)13-10(21)4-11(22)16(23)14(13)15/h2-4,18-24H,1H2. The summed E-state index contributed by atoms with van der Waals surface area (Å²) in [6.45, 7) is 0. The second-order valence-electron chi connectivity index (χ2n) is 5.74. The summed E-state index contributed by atoms with van der Waals surface area (Å²) >= 11 is 27.2. The molecule has 0 heterocycles. The summed E-state index contributed by atoms with van der Waals surface area (Å²) in [4.78, 5) is 4.40. The van der Waals surface area contributed by atoms with Crippen LogP contribution in [-0.4, -0.2) is 5.11 Å². The Bertz CT molecular complexity index is 1060. The van der Waals surface area contributed by atoms with Gasteiger partial charge in [0.2, 0.25) is 0 Å². The average molecular weight is 425 g/mol. The van der Waals surface area contributed by atoms with E-state index in [0.29, 0.717) is 26.5 Å². The molecule has 0 atom stereocenters. The average Bonchev–Trinajstić information content (AvgIpc) is 2.88. The van der Waals surface area contributed by atoms with E-state index in [4.69, 9.17) is 12.6 Å². The molecule has 0 saturated carbocycles. The highest BCUT2D eigenvalue weighted by molar-refractivity contribution is 7.84. The molecule has 122 valence electrons. The van der Waals surface area contributed by atoms with Gasteiger partial charge in [-0.25, -0.2) is 0 Å². The van der Waals surface area contributed by atoms with Crippen LogP contribution in [0.1, 0.15) is 11.1 Å². The molecule has 0 amide bonds. The van der Waals surface area contributed by atoms with E-state index in [1.54, 1.807) is 0 Å². The molecule has 0 radical (unpaired) electrons. The summed E-state index contributed by atoms with van der Waals surface area (Å²) in [6, 6.07) is 5.79. The molecular weight excluding hydrogens is 413 g/mol. The quantitative estimate of drug-likeness (QED) is 0.177. The molecule has 0 aromatic heterocycles. The summed E-state index contributed by atoms with van der Waals surface area (Å²) < 4.78 is 0. The zero-order valence-corrected chi connectivity index (χ0v) is 17.4. The Kier molecular flexibility index (Phi) is 4.26. The number of aromatic hydroxyl groups is 1. The molecule has 1 N–H and O–H groups in total. The minimum atomic E-state index is 0.214. The second kappa shape index (κ2) is 5.93. The van der Waals surface area contributed by atoms with Crippen molar-refractivity contribution in [2.75, 3.05) is 0 Å². The van der Waals surface area contributed by atoms with Crippen molar-refractivity contribution < 1.29 is 5.11 Å². The summed E-state index contributed by atoms with van der Waals surface area (Å²) in [6.07, 6.45) is 0.619. The van der Waals surface area contributed by atoms with Crippen LogP contribution >= 0.6 is 75.8 Å². The van der Waals surface area contributed by atoms with Crippen molar-refractivity contribution >= 4 is 86.5 Å². The Morgan fingerprint density at radius 1 is 0.708 bits per heavy atom. The number of fused-ring (bicyclic) bond motifs is 4. The van der Waals surface area contributed by atoms with Crippen LogP contribution in [0.5, 0.6) is 5.75 Å². The number of thiol groups is 6. The summed E-state index contributed by atoms with van der Waals surface area (Å²) in [5.74, 6) is 0.214. The summed E-state index contributed by atoms with van der Waals surface area (Å²) in [7, 11) is 0. The molecule has 7 heteroatoms. The largest absolute Gasteiger partial charge is 0.507 e. The van der Waals surface area contributed by atoms with Crippen molar-refractivity contribution in [2.24, 2.45) is 0 Å². The SMILES string of the molecule is Oc1c2c(c(S)c3c(S)cc(S)c(S)c13)-c1cc(S)c(S)cc1C2. The highest BCUT2D eigenvalue weighted by Crippen LogP contribution is 2.53. The molecular formula is C17H12OS6. The Hall–Kier alpha value is -0.180. The van der Waals surface area contributed by atoms with Gasteiger partial charge in [0, 0.05) is 57.7 Å². The Morgan fingerprint density at radius 3 is 2.08 bits per heavy atom. The van der Waals surface area contributed by atoms with E-state index in [-0.39, 0.29) is 5.75 Å². The van der Waals surface area contributed by atoms with Crippen LogP contribution < -0.4 is 0 Å². The smallest absolute Gasteiger partial charge is 0.128 e. The molecule has 0 spiro atoms. The maximum Gasteiger partial charge on any atom is 0.128 e. The van der Waals surface area contributed by atoms with Crippen LogP contribution in [0.3, 0.4) is 0 Å². The third kappa shape index (κ3) is 2.32. The van der Waals surface area contributed by atoms with Gasteiger partial charge in [0.05, 0.1) is 0 Å². The number of hydrogen-bond acceptors (Lipinski definition) is 7. The first-order valence-electron chi connectivity index (χ1n) is 7.00. The van der Waals surface area contributed by atoms with E-state index >= 15 is 0 Å². The van der Waals surface area contributed by atoms with Crippen LogP contribution in [0.4, 0.5) is 0 Å². The van der Waals surface area contributed by atoms with Gasteiger partial charge in [-0.3, -0.25) is 0 Å². The van der Waals surface area contributed by atoms with E-state index in [1.165, 1.54) is 0 Å². The molecule has 24 heavy (non-hydrogen) atoms. The van der Waals surface area contributed by atoms with Crippen molar-refractivity contribution in [2.45, 2.75) is 35.8 Å². The van der Waals surface area contributed by atoms with Gasteiger partial charge in [-0.2, -0.15) is 0 Å². The van der Waals surface area contributed by atoms with E-state index < -0.39 is 0 Å². The van der Waals surface area contributed by atoms with Gasteiger partial charge in [0.15, 0.2) is 0 Å². The fourth-order valence-corrected chi connectivity index (χ4v) is 5.27. The first-order chi connectivity index (χ1) is 11.3. The summed E-state index contributed by atoms with van der Waals surface area (Å²) in [5.41, 5.74) is 3.90. The van der Waals surface area contributed by atoms with Crippen LogP contribution in [0, 0.1) is 0 Å². The fourth-order valence-electron chi connectivity index (χ4n) is 3.30. The number of phenols is 1. The molecule has 0 bridgehead atoms. The Balaban J connectivity index is 2.20. The van der Waals surface area contributed by atoms with Gasteiger partial charge in [0.1, 0.15) is 5.75 Å². The van der Waals surface area contributed by atoms with Gasteiger partial charge < -0.3 is 5.11 Å². The molecule has 1 aliphatic carbocycles. The number of phenolic OH excluding ortho intramolecular Hbond substituents is 1. The third-order valence-corrected chi connectivity index (χ3v) is 7.10. The maximum atomic E-state index is 10.9. The topological polar surface area (TPSA) is 20.2 Å². The lowest BCUT2D eigenvalue weighted by atomic mass is 9.98. The lowest BCUT2D eigenvalue weighted by Crippen LogP contribution is -1.91. The van der Waals surface area contributed by atoms with E-state index in [2.05, 4.69) is 63.1 Å². The van der Waals surface area contributed by atoms with Crippen molar-refractivity contribution in [3.8, 4) is 16.9 Å². The van der Waals surface area contributed by atoms with Crippen molar-refractivity contribution in [3.05, 3.63) is 29.3 Å². The lowest BCUT2D eigenvalue weighted by Gasteiger charge is -2.16. The normalized spacial score (nSPS) is 12.6. The Labute approximate surface area is 172 Å². The van der Waals surface area contributed by atoms with E-state index in [0.717, 1.165) is 42.3 Å². The maximum absolute atomic E-state index is 10.9. The van der Waals surface area contributed by atoms with Crippen molar-refractivity contribution in [3.63, 3.8) is 0 Å². The predicted molar refractivity (Wildman–Crippen MR) is 117 cm³/mol. The third-order valence-electron chi connectivity index (χ3n) is 4.39.